The molecule has 0 heterocycles. The van der Waals surface area contributed by atoms with Crippen LogP contribution in [0.5, 0.6) is 0 Å². The van der Waals surface area contributed by atoms with Gasteiger partial charge in [0.05, 0.1) is 6.10 Å². The molecule has 0 saturated heterocycles. The molecule has 10 heavy (non-hydrogen) atoms. The second kappa shape index (κ2) is 0.989. The second-order valence-electron chi connectivity index (χ2n) is 4.84. The van der Waals surface area contributed by atoms with Crippen molar-refractivity contribution < 1.29 is 5.11 Å². The normalized spacial score (nSPS) is 71.1. The number of aliphatic hydroxyl groups excluding tert-OH is 1. The highest BCUT2D eigenvalue weighted by atomic mass is 16.3. The van der Waals surface area contributed by atoms with Crippen LogP contribution >= 0.6 is 0 Å². The zero-order valence-corrected chi connectivity index (χ0v) is 5.96. The fourth-order valence-corrected chi connectivity index (χ4v) is 4.04. The van der Waals surface area contributed by atoms with Crippen LogP contribution in [-0.2, 0) is 0 Å². The molecule has 4 aliphatic rings. The average Bonchev–Trinajstić information content (AvgIpc) is 2.69. The van der Waals surface area contributed by atoms with Gasteiger partial charge in [0.1, 0.15) is 0 Å². The minimum absolute atomic E-state index is 0.140. The lowest BCUT2D eigenvalue weighted by Gasteiger charge is -2.35. The van der Waals surface area contributed by atoms with E-state index in [-0.39, 0.29) is 6.10 Å². The molecule has 4 aliphatic carbocycles. The van der Waals surface area contributed by atoms with Gasteiger partial charge in [0, 0.05) is 0 Å². The summed E-state index contributed by atoms with van der Waals surface area (Å²) in [7, 11) is 0. The van der Waals surface area contributed by atoms with Crippen LogP contribution in [0.1, 0.15) is 19.3 Å². The highest BCUT2D eigenvalue weighted by Crippen LogP contribution is 2.84. The Hall–Kier alpha value is -0.0400. The third-order valence-corrected chi connectivity index (χ3v) is 4.80. The van der Waals surface area contributed by atoms with Crippen molar-refractivity contribution in [2.75, 3.05) is 0 Å². The summed E-state index contributed by atoms with van der Waals surface area (Å²) >= 11 is 0. The molecule has 1 spiro atoms. The summed E-state index contributed by atoms with van der Waals surface area (Å²) < 4.78 is 0. The van der Waals surface area contributed by atoms with Crippen LogP contribution in [0.25, 0.3) is 0 Å². The number of fused-ring (bicyclic) bond motifs is 2. The van der Waals surface area contributed by atoms with E-state index in [4.69, 9.17) is 0 Å². The number of hydrogen-bond acceptors (Lipinski definition) is 1. The number of rotatable bonds is 0. The van der Waals surface area contributed by atoms with Gasteiger partial charge in [-0.2, -0.15) is 0 Å². The zero-order chi connectivity index (χ0) is 6.51. The van der Waals surface area contributed by atoms with Crippen LogP contribution in [0, 0.1) is 29.1 Å². The van der Waals surface area contributed by atoms with Gasteiger partial charge >= 0.3 is 0 Å². The van der Waals surface area contributed by atoms with E-state index in [1.54, 1.807) is 0 Å². The van der Waals surface area contributed by atoms with Crippen LogP contribution in [0.2, 0.25) is 0 Å². The number of aliphatic hydroxyl groups is 1. The fraction of sp³-hybridized carbons (Fsp3) is 1.00. The van der Waals surface area contributed by atoms with Gasteiger partial charge in [-0.15, -0.1) is 0 Å². The molecule has 0 unspecified atom stereocenters. The van der Waals surface area contributed by atoms with Crippen molar-refractivity contribution in [2.45, 2.75) is 25.4 Å². The van der Waals surface area contributed by atoms with Crippen molar-refractivity contribution in [2.24, 2.45) is 29.1 Å². The maximum absolute atomic E-state index is 9.83. The smallest absolute Gasteiger partial charge is 0.0632 e. The molecule has 0 aromatic rings. The molecule has 0 aromatic heterocycles. The molecule has 1 N–H and O–H groups in total. The van der Waals surface area contributed by atoms with Crippen molar-refractivity contribution >= 4 is 0 Å². The van der Waals surface area contributed by atoms with Crippen LogP contribution in [0.15, 0.2) is 0 Å². The molecule has 54 valence electrons. The Bertz CT molecular complexity index is 215. The molecule has 0 aromatic carbocycles. The monoisotopic (exact) mass is 136 g/mol. The first-order valence-electron chi connectivity index (χ1n) is 4.53. The first-order chi connectivity index (χ1) is 4.84. The standard InChI is InChI=1S/C9H12O/c10-8-7-4-3-5(6(4)7)9(8)1-2-9/h4-8,10H,1-3H2/t4-,5+,6-,7-,8-/m0/s1. The van der Waals surface area contributed by atoms with Crippen LogP contribution in [0.3, 0.4) is 0 Å². The predicted octanol–water partition coefficient (Wildman–Crippen LogP) is 1.02. The topological polar surface area (TPSA) is 20.2 Å². The predicted molar refractivity (Wildman–Crippen MR) is 36.3 cm³/mol. The first-order valence-corrected chi connectivity index (χ1v) is 4.53. The van der Waals surface area contributed by atoms with Gasteiger partial charge in [-0.25, -0.2) is 0 Å². The van der Waals surface area contributed by atoms with E-state index >= 15 is 0 Å². The first kappa shape index (κ1) is 4.76. The van der Waals surface area contributed by atoms with E-state index < -0.39 is 0 Å². The lowest BCUT2D eigenvalue weighted by molar-refractivity contribution is 0.0202. The summed E-state index contributed by atoms with van der Waals surface area (Å²) in [6, 6.07) is 0. The molecule has 5 atom stereocenters. The van der Waals surface area contributed by atoms with Crippen LogP contribution < -0.4 is 0 Å². The third-order valence-electron chi connectivity index (χ3n) is 4.80. The van der Waals surface area contributed by atoms with Gasteiger partial charge in [-0.3, -0.25) is 0 Å². The maximum Gasteiger partial charge on any atom is 0.0632 e. The van der Waals surface area contributed by atoms with Crippen molar-refractivity contribution in [1.82, 2.24) is 0 Å². The van der Waals surface area contributed by atoms with Crippen molar-refractivity contribution in [3.8, 4) is 0 Å². The fourth-order valence-electron chi connectivity index (χ4n) is 4.04. The lowest BCUT2D eigenvalue weighted by Crippen LogP contribution is -2.34. The summed E-state index contributed by atoms with van der Waals surface area (Å²) in [6.07, 6.45) is 4.31. The van der Waals surface area contributed by atoms with Crippen LogP contribution in [-0.4, -0.2) is 11.2 Å². The van der Waals surface area contributed by atoms with E-state index in [2.05, 4.69) is 0 Å². The van der Waals surface area contributed by atoms with E-state index in [0.29, 0.717) is 5.41 Å². The van der Waals surface area contributed by atoms with Crippen molar-refractivity contribution in [1.29, 1.82) is 0 Å². The summed E-state index contributed by atoms with van der Waals surface area (Å²) in [4.78, 5) is 0. The SMILES string of the molecule is O[C@H]1[C@H]2[C@H]3C[C@H]([C@H]32)C12CC2. The minimum Gasteiger partial charge on any atom is -0.392 e. The third kappa shape index (κ3) is 0.254. The molecule has 1 heteroatoms. The summed E-state index contributed by atoms with van der Waals surface area (Å²) in [5.74, 6) is 3.77. The van der Waals surface area contributed by atoms with E-state index in [0.717, 1.165) is 23.7 Å². The van der Waals surface area contributed by atoms with Gasteiger partial charge in [-0.1, -0.05) is 0 Å². The quantitative estimate of drug-likeness (QED) is 0.527. The Morgan fingerprint density at radius 3 is 2.40 bits per heavy atom. The van der Waals surface area contributed by atoms with Gasteiger partial charge in [0.25, 0.3) is 0 Å². The van der Waals surface area contributed by atoms with Gasteiger partial charge in [-0.05, 0) is 48.3 Å². The Morgan fingerprint density at radius 1 is 1.20 bits per heavy atom. The molecule has 0 bridgehead atoms. The summed E-state index contributed by atoms with van der Waals surface area (Å²) in [5, 5.41) is 9.83. The number of hydrogen-bond donors (Lipinski definition) is 1. The highest BCUT2D eigenvalue weighted by Gasteiger charge is 2.81. The molecular formula is C9H12O. The lowest BCUT2D eigenvalue weighted by atomic mass is 9.71. The van der Waals surface area contributed by atoms with Gasteiger partial charge in [0.2, 0.25) is 0 Å². The molecule has 4 fully saturated rings. The largest absolute Gasteiger partial charge is 0.392 e. The Balaban J connectivity index is 1.87. The van der Waals surface area contributed by atoms with Gasteiger partial charge < -0.3 is 5.11 Å². The van der Waals surface area contributed by atoms with E-state index in [1.165, 1.54) is 19.3 Å². The summed E-state index contributed by atoms with van der Waals surface area (Å²) in [5.41, 5.74) is 0.504. The summed E-state index contributed by atoms with van der Waals surface area (Å²) in [6.45, 7) is 0. The maximum atomic E-state index is 9.83. The van der Waals surface area contributed by atoms with Gasteiger partial charge in [0.15, 0.2) is 0 Å². The zero-order valence-electron chi connectivity index (χ0n) is 5.96. The van der Waals surface area contributed by atoms with Crippen molar-refractivity contribution in [3.63, 3.8) is 0 Å². The molecule has 1 nitrogen and oxygen atoms in total. The Morgan fingerprint density at radius 2 is 2.00 bits per heavy atom. The molecule has 4 rings (SSSR count). The highest BCUT2D eigenvalue weighted by molar-refractivity contribution is 5.30. The minimum atomic E-state index is 0.140. The molecule has 0 aliphatic heterocycles. The van der Waals surface area contributed by atoms with E-state index in [9.17, 15) is 5.11 Å². The van der Waals surface area contributed by atoms with Crippen molar-refractivity contribution in [3.05, 3.63) is 0 Å². The molecule has 0 radical (unpaired) electrons. The molecule has 4 saturated carbocycles. The average molecular weight is 136 g/mol. The Kier molecular flexibility index (Phi) is 0.471. The Labute approximate surface area is 60.4 Å². The molecular weight excluding hydrogens is 124 g/mol. The second-order valence-corrected chi connectivity index (χ2v) is 4.84. The van der Waals surface area contributed by atoms with Crippen LogP contribution in [0.4, 0.5) is 0 Å². The van der Waals surface area contributed by atoms with E-state index in [1.807, 2.05) is 0 Å². The molecule has 0 amide bonds.